The van der Waals surface area contributed by atoms with Gasteiger partial charge in [0.15, 0.2) is 0 Å². The number of hydrogen-bond donors (Lipinski definition) is 3. The van der Waals surface area contributed by atoms with Crippen molar-refractivity contribution in [1.29, 1.82) is 0 Å². The number of nitrogens with one attached hydrogen (secondary N) is 1. The molecule has 1 amide bonds. The molecule has 0 bridgehead atoms. The number of carbonyl (C=O) groups is 1. The number of amides is 1. The van der Waals surface area contributed by atoms with E-state index >= 15 is 0 Å². The Balaban J connectivity index is 2.28. The number of fused-ring (bicyclic) bond motifs is 1. The third-order valence-electron chi connectivity index (χ3n) is 3.14. The minimum Gasteiger partial charge on any atom is -0.388 e. The largest absolute Gasteiger partial charge is 0.388 e. The first-order chi connectivity index (χ1) is 9.50. The zero-order valence-electron chi connectivity index (χ0n) is 11.0. The lowest BCUT2D eigenvalue weighted by atomic mass is 10.00. The predicted molar refractivity (Wildman–Crippen MR) is 81.3 cm³/mol. The highest BCUT2D eigenvalue weighted by Gasteiger charge is 2.21. The summed E-state index contributed by atoms with van der Waals surface area (Å²) in [6.45, 7) is 1.38. The molecule has 0 saturated carbocycles. The fraction of sp³-hybridized carbons (Fsp3) is 0.267. The average Bonchev–Trinajstić information content (AvgIpc) is 2.44. The van der Waals surface area contributed by atoms with Gasteiger partial charge in [0.1, 0.15) is 12.2 Å². The van der Waals surface area contributed by atoms with Crippen LogP contribution in [0.2, 0.25) is 0 Å². The van der Waals surface area contributed by atoms with Gasteiger partial charge in [0.25, 0.3) is 0 Å². The molecule has 0 heterocycles. The first-order valence-electron chi connectivity index (χ1n) is 6.28. The Labute approximate surface area is 125 Å². The molecule has 106 valence electrons. The minimum absolute atomic E-state index is 0.00969. The van der Waals surface area contributed by atoms with E-state index in [1.54, 1.807) is 6.07 Å². The second-order valence-corrected chi connectivity index (χ2v) is 5.43. The van der Waals surface area contributed by atoms with Crippen molar-refractivity contribution in [1.82, 2.24) is 5.32 Å². The molecule has 2 aromatic rings. The smallest absolute Gasteiger partial charge is 0.216 e. The molecule has 0 spiro atoms. The lowest BCUT2D eigenvalue weighted by Crippen LogP contribution is -2.34. The van der Waals surface area contributed by atoms with Crippen molar-refractivity contribution >= 4 is 32.6 Å². The van der Waals surface area contributed by atoms with Gasteiger partial charge in [-0.3, -0.25) is 4.79 Å². The molecule has 2 unspecified atom stereocenters. The van der Waals surface area contributed by atoms with E-state index in [1.165, 1.54) is 6.92 Å². The van der Waals surface area contributed by atoms with Crippen LogP contribution >= 0.6 is 15.9 Å². The first kappa shape index (κ1) is 15.0. The summed E-state index contributed by atoms with van der Waals surface area (Å²) >= 11 is 3.47. The maximum absolute atomic E-state index is 10.8. The highest BCUT2D eigenvalue weighted by molar-refractivity contribution is 9.10. The van der Waals surface area contributed by atoms with Gasteiger partial charge < -0.3 is 15.5 Å². The van der Waals surface area contributed by atoms with Crippen molar-refractivity contribution in [3.05, 3.63) is 46.4 Å². The van der Waals surface area contributed by atoms with Crippen LogP contribution in [0, 0.1) is 0 Å². The van der Waals surface area contributed by atoms with Crippen LogP contribution in [0.3, 0.4) is 0 Å². The molecular formula is C15H16BrNO3. The van der Waals surface area contributed by atoms with Gasteiger partial charge in [0, 0.05) is 17.9 Å². The molecule has 20 heavy (non-hydrogen) atoms. The van der Waals surface area contributed by atoms with Crippen molar-refractivity contribution in [2.45, 2.75) is 19.1 Å². The third kappa shape index (κ3) is 3.17. The van der Waals surface area contributed by atoms with Crippen molar-refractivity contribution in [2.24, 2.45) is 0 Å². The molecule has 3 N–H and O–H groups in total. The molecular weight excluding hydrogens is 322 g/mol. The Morgan fingerprint density at radius 1 is 1.25 bits per heavy atom. The van der Waals surface area contributed by atoms with Crippen LogP contribution in [0.1, 0.15) is 18.6 Å². The number of carbonyl (C=O) groups excluding carboxylic acids is 1. The summed E-state index contributed by atoms with van der Waals surface area (Å²) in [7, 11) is 0. The quantitative estimate of drug-likeness (QED) is 0.800. The van der Waals surface area contributed by atoms with E-state index in [2.05, 4.69) is 21.2 Å². The molecule has 0 aliphatic carbocycles. The molecule has 0 radical (unpaired) electrons. The molecule has 0 fully saturated rings. The molecule has 0 aliphatic rings. The zero-order chi connectivity index (χ0) is 14.7. The molecule has 0 aromatic heterocycles. The Hall–Kier alpha value is -1.43. The Morgan fingerprint density at radius 2 is 1.95 bits per heavy atom. The van der Waals surface area contributed by atoms with Crippen LogP contribution in [0.15, 0.2) is 40.9 Å². The summed E-state index contributed by atoms with van der Waals surface area (Å²) in [5, 5.41) is 24.6. The maximum Gasteiger partial charge on any atom is 0.216 e. The Morgan fingerprint density at radius 3 is 2.65 bits per heavy atom. The fourth-order valence-electron chi connectivity index (χ4n) is 2.05. The summed E-state index contributed by atoms with van der Waals surface area (Å²) in [5.74, 6) is -0.242. The van der Waals surface area contributed by atoms with E-state index in [0.29, 0.717) is 5.56 Å². The van der Waals surface area contributed by atoms with Crippen LogP contribution in [0.25, 0.3) is 10.8 Å². The van der Waals surface area contributed by atoms with Gasteiger partial charge in [-0.25, -0.2) is 0 Å². The SMILES string of the molecule is CC(=O)NCC(O)C(O)c1ccc2ccccc2c1Br. The van der Waals surface area contributed by atoms with E-state index in [-0.39, 0.29) is 12.5 Å². The summed E-state index contributed by atoms with van der Waals surface area (Å²) in [4.78, 5) is 10.8. The molecule has 2 atom stereocenters. The second-order valence-electron chi connectivity index (χ2n) is 4.64. The van der Waals surface area contributed by atoms with Crippen LogP contribution in [-0.4, -0.2) is 28.8 Å². The fourth-order valence-corrected chi connectivity index (χ4v) is 2.77. The summed E-state index contributed by atoms with van der Waals surface area (Å²) in [6.07, 6.45) is -2.13. The normalized spacial score (nSPS) is 14.0. The van der Waals surface area contributed by atoms with E-state index in [9.17, 15) is 15.0 Å². The average molecular weight is 338 g/mol. The third-order valence-corrected chi connectivity index (χ3v) is 4.02. The number of aliphatic hydroxyl groups excluding tert-OH is 2. The van der Waals surface area contributed by atoms with Crippen LogP contribution in [-0.2, 0) is 4.79 Å². The number of aliphatic hydroxyl groups is 2. The van der Waals surface area contributed by atoms with Gasteiger partial charge in [-0.15, -0.1) is 0 Å². The Kier molecular flexibility index (Phi) is 4.75. The lowest BCUT2D eigenvalue weighted by Gasteiger charge is -2.20. The zero-order valence-corrected chi connectivity index (χ0v) is 12.6. The van der Waals surface area contributed by atoms with Gasteiger partial charge in [0.2, 0.25) is 5.91 Å². The van der Waals surface area contributed by atoms with Gasteiger partial charge >= 0.3 is 0 Å². The molecule has 0 aliphatic heterocycles. The summed E-state index contributed by atoms with van der Waals surface area (Å²) in [5.41, 5.74) is 0.599. The minimum atomic E-state index is -1.07. The number of rotatable bonds is 4. The first-order valence-corrected chi connectivity index (χ1v) is 7.07. The van der Waals surface area contributed by atoms with Crippen molar-refractivity contribution in [3.63, 3.8) is 0 Å². The molecule has 5 heteroatoms. The van der Waals surface area contributed by atoms with Gasteiger partial charge in [-0.05, 0) is 32.3 Å². The Bertz CT molecular complexity index is 630. The molecule has 4 nitrogen and oxygen atoms in total. The highest BCUT2D eigenvalue weighted by Crippen LogP contribution is 2.32. The van der Waals surface area contributed by atoms with Crippen molar-refractivity contribution in [3.8, 4) is 0 Å². The van der Waals surface area contributed by atoms with Gasteiger partial charge in [-0.1, -0.05) is 36.4 Å². The molecule has 2 rings (SSSR count). The van der Waals surface area contributed by atoms with Crippen LogP contribution < -0.4 is 5.32 Å². The molecule has 0 saturated heterocycles. The summed E-state index contributed by atoms with van der Waals surface area (Å²) < 4.78 is 0.755. The van der Waals surface area contributed by atoms with Crippen molar-refractivity contribution < 1.29 is 15.0 Å². The van der Waals surface area contributed by atoms with Gasteiger partial charge in [0.05, 0.1) is 0 Å². The standard InChI is InChI=1S/C15H16BrNO3/c1-9(18)17-8-13(19)15(20)12-7-6-10-4-2-3-5-11(10)14(12)16/h2-7,13,15,19-20H,8H2,1H3,(H,17,18). The summed E-state index contributed by atoms with van der Waals surface area (Å²) in [6, 6.07) is 11.4. The highest BCUT2D eigenvalue weighted by atomic mass is 79.9. The maximum atomic E-state index is 10.8. The molecule has 2 aromatic carbocycles. The van der Waals surface area contributed by atoms with Crippen LogP contribution in [0.5, 0.6) is 0 Å². The van der Waals surface area contributed by atoms with E-state index in [0.717, 1.165) is 15.2 Å². The number of halogens is 1. The monoisotopic (exact) mass is 337 g/mol. The van der Waals surface area contributed by atoms with E-state index in [1.807, 2.05) is 30.3 Å². The second kappa shape index (κ2) is 6.35. The van der Waals surface area contributed by atoms with E-state index < -0.39 is 12.2 Å². The number of hydrogen-bond acceptors (Lipinski definition) is 3. The van der Waals surface area contributed by atoms with Gasteiger partial charge in [-0.2, -0.15) is 0 Å². The number of benzene rings is 2. The van der Waals surface area contributed by atoms with Crippen molar-refractivity contribution in [2.75, 3.05) is 6.54 Å². The predicted octanol–water partition coefficient (Wildman–Crippen LogP) is 2.13. The topological polar surface area (TPSA) is 69.6 Å². The van der Waals surface area contributed by atoms with Crippen LogP contribution in [0.4, 0.5) is 0 Å². The van der Waals surface area contributed by atoms with E-state index in [4.69, 9.17) is 0 Å². The lowest BCUT2D eigenvalue weighted by molar-refractivity contribution is -0.119.